The highest BCUT2D eigenvalue weighted by Crippen LogP contribution is 2.46. The van der Waals surface area contributed by atoms with E-state index < -0.39 is 11.3 Å². The summed E-state index contributed by atoms with van der Waals surface area (Å²) >= 11 is 0. The quantitative estimate of drug-likeness (QED) is 0.696. The van der Waals surface area contributed by atoms with Crippen molar-refractivity contribution in [3.8, 4) is 0 Å². The van der Waals surface area contributed by atoms with Crippen molar-refractivity contribution >= 4 is 11.6 Å². The zero-order chi connectivity index (χ0) is 15.7. The summed E-state index contributed by atoms with van der Waals surface area (Å²) in [5.74, 6) is -0.711. The Hall–Kier alpha value is -2.69. The summed E-state index contributed by atoms with van der Waals surface area (Å²) in [6.45, 7) is 1.50. The van der Waals surface area contributed by atoms with E-state index in [0.29, 0.717) is 0 Å². The first-order valence-corrected chi connectivity index (χ1v) is 7.11. The van der Waals surface area contributed by atoms with Gasteiger partial charge in [-0.1, -0.05) is 48.5 Å². The number of carbonyl (C=O) groups is 1. The van der Waals surface area contributed by atoms with Crippen LogP contribution in [0.3, 0.4) is 0 Å². The largest absolute Gasteiger partial charge is 0.325 e. The van der Waals surface area contributed by atoms with Crippen LogP contribution in [-0.2, 0) is 10.2 Å². The summed E-state index contributed by atoms with van der Waals surface area (Å²) in [6, 6.07) is 16.6. The van der Waals surface area contributed by atoms with Crippen molar-refractivity contribution in [1.82, 2.24) is 0 Å². The number of carbonyl (C=O) groups excluding carboxylic acids is 1. The summed E-state index contributed by atoms with van der Waals surface area (Å²) in [5, 5.41) is 14.0. The second-order valence-electron chi connectivity index (χ2n) is 5.68. The van der Waals surface area contributed by atoms with Crippen LogP contribution in [0.4, 0.5) is 5.69 Å². The zero-order valence-electron chi connectivity index (χ0n) is 12.2. The fourth-order valence-corrected chi connectivity index (χ4v) is 3.22. The molecular formula is C17H16N2O3. The lowest BCUT2D eigenvalue weighted by molar-refractivity contribution is -0.484. The number of nitrogens with one attached hydrogen (secondary N) is 1. The van der Waals surface area contributed by atoms with Gasteiger partial charge in [0.1, 0.15) is 0 Å². The van der Waals surface area contributed by atoms with Gasteiger partial charge < -0.3 is 5.32 Å². The number of nitrogens with zero attached hydrogens (tertiary/aromatic N) is 1. The van der Waals surface area contributed by atoms with Crippen molar-refractivity contribution in [2.45, 2.75) is 18.3 Å². The minimum Gasteiger partial charge on any atom is -0.325 e. The van der Waals surface area contributed by atoms with Gasteiger partial charge in [-0.15, -0.1) is 0 Å². The van der Waals surface area contributed by atoms with Crippen molar-refractivity contribution in [2.75, 3.05) is 11.9 Å². The standard InChI is InChI=1S/C17H16N2O3/c1-17(13-9-5-6-10-15(13)18-16(17)20)14(11-19(21)22)12-7-3-2-4-8-12/h2-10,14H,11H2,1H3,(H,18,20). The van der Waals surface area contributed by atoms with Crippen LogP contribution in [0.25, 0.3) is 0 Å². The molecule has 112 valence electrons. The molecule has 5 heteroatoms. The minimum atomic E-state index is -0.953. The molecular weight excluding hydrogens is 280 g/mol. The Kier molecular flexibility index (Phi) is 3.41. The maximum Gasteiger partial charge on any atom is 0.235 e. The van der Waals surface area contributed by atoms with Crippen molar-refractivity contribution in [1.29, 1.82) is 0 Å². The molecule has 0 radical (unpaired) electrons. The van der Waals surface area contributed by atoms with Crippen molar-refractivity contribution in [3.63, 3.8) is 0 Å². The van der Waals surface area contributed by atoms with Gasteiger partial charge in [-0.05, 0) is 24.1 Å². The zero-order valence-corrected chi connectivity index (χ0v) is 12.2. The highest BCUT2D eigenvalue weighted by Gasteiger charge is 2.50. The molecule has 2 aromatic rings. The molecule has 0 saturated heterocycles. The van der Waals surface area contributed by atoms with Crippen LogP contribution in [0.1, 0.15) is 24.0 Å². The molecule has 1 heterocycles. The van der Waals surface area contributed by atoms with Gasteiger partial charge in [-0.25, -0.2) is 0 Å². The molecule has 0 saturated carbocycles. The molecule has 0 fully saturated rings. The van der Waals surface area contributed by atoms with Crippen molar-refractivity contribution in [2.24, 2.45) is 0 Å². The highest BCUT2D eigenvalue weighted by atomic mass is 16.6. The molecule has 1 aliphatic rings. The third-order valence-corrected chi connectivity index (χ3v) is 4.44. The van der Waals surface area contributed by atoms with E-state index in [1.54, 1.807) is 6.92 Å². The van der Waals surface area contributed by atoms with Gasteiger partial charge in [-0.3, -0.25) is 14.9 Å². The number of anilines is 1. The lowest BCUT2D eigenvalue weighted by Gasteiger charge is -2.30. The predicted octanol–water partition coefficient (Wildman–Crippen LogP) is 2.96. The number of amides is 1. The lowest BCUT2D eigenvalue weighted by Crippen LogP contribution is -2.40. The molecule has 2 unspecified atom stereocenters. The highest BCUT2D eigenvalue weighted by molar-refractivity contribution is 6.06. The number of benzene rings is 2. The first-order valence-electron chi connectivity index (χ1n) is 7.11. The molecule has 1 amide bonds. The number of fused-ring (bicyclic) bond motifs is 1. The number of nitro groups is 1. The molecule has 0 aromatic heterocycles. The van der Waals surface area contributed by atoms with E-state index in [9.17, 15) is 14.9 Å². The third-order valence-electron chi connectivity index (χ3n) is 4.44. The Morgan fingerprint density at radius 2 is 1.77 bits per heavy atom. The Morgan fingerprint density at radius 3 is 2.45 bits per heavy atom. The van der Waals surface area contributed by atoms with Gasteiger partial charge in [0.25, 0.3) is 0 Å². The van der Waals surface area contributed by atoms with Crippen molar-refractivity contribution < 1.29 is 9.72 Å². The van der Waals surface area contributed by atoms with Crippen LogP contribution in [-0.4, -0.2) is 17.4 Å². The monoisotopic (exact) mass is 296 g/mol. The van der Waals surface area contributed by atoms with Crippen LogP contribution in [0.5, 0.6) is 0 Å². The van der Waals surface area contributed by atoms with Gasteiger partial charge in [0.05, 0.1) is 11.3 Å². The number of hydrogen-bond acceptors (Lipinski definition) is 3. The van der Waals surface area contributed by atoms with Gasteiger partial charge in [0.15, 0.2) is 0 Å². The predicted molar refractivity (Wildman–Crippen MR) is 83.5 cm³/mol. The van der Waals surface area contributed by atoms with Crippen molar-refractivity contribution in [3.05, 3.63) is 75.8 Å². The fraction of sp³-hybridized carbons (Fsp3) is 0.235. The topological polar surface area (TPSA) is 72.2 Å². The van der Waals surface area contributed by atoms with E-state index in [-0.39, 0.29) is 17.4 Å². The summed E-state index contributed by atoms with van der Waals surface area (Å²) < 4.78 is 0. The van der Waals surface area contributed by atoms with E-state index >= 15 is 0 Å². The van der Waals surface area contributed by atoms with Crippen LogP contribution in [0.15, 0.2) is 54.6 Å². The Balaban J connectivity index is 2.15. The minimum absolute atomic E-state index is 0.190. The van der Waals surface area contributed by atoms with Crippen LogP contribution in [0.2, 0.25) is 0 Å². The average Bonchev–Trinajstić information content (AvgIpc) is 2.78. The molecule has 2 atom stereocenters. The summed E-state index contributed by atoms with van der Waals surface area (Å²) in [5.41, 5.74) is 1.40. The summed E-state index contributed by atoms with van der Waals surface area (Å²) in [7, 11) is 0. The Labute approximate surface area is 128 Å². The van der Waals surface area contributed by atoms with E-state index in [1.165, 1.54) is 0 Å². The Bertz CT molecular complexity index is 730. The molecule has 1 aliphatic heterocycles. The van der Waals surface area contributed by atoms with Crippen LogP contribution < -0.4 is 5.32 Å². The number of para-hydroxylation sites is 1. The average molecular weight is 296 g/mol. The maximum atomic E-state index is 12.6. The van der Waals surface area contributed by atoms with E-state index in [2.05, 4.69) is 5.32 Å². The molecule has 3 rings (SSSR count). The first-order chi connectivity index (χ1) is 10.5. The SMILES string of the molecule is CC1(C(C[N+](=O)[O-])c2ccccc2)C(=O)Nc2ccccc21. The second kappa shape index (κ2) is 5.26. The van der Waals surface area contributed by atoms with Gasteiger partial charge in [-0.2, -0.15) is 0 Å². The lowest BCUT2D eigenvalue weighted by atomic mass is 9.69. The molecule has 2 aromatic carbocycles. The first kappa shape index (κ1) is 14.3. The Morgan fingerprint density at radius 1 is 1.14 bits per heavy atom. The van der Waals surface area contributed by atoms with E-state index in [0.717, 1.165) is 16.8 Å². The smallest absolute Gasteiger partial charge is 0.235 e. The molecule has 0 bridgehead atoms. The van der Waals surface area contributed by atoms with Gasteiger partial charge in [0.2, 0.25) is 12.5 Å². The molecule has 0 aliphatic carbocycles. The molecule has 1 N–H and O–H groups in total. The number of rotatable bonds is 4. The number of hydrogen-bond donors (Lipinski definition) is 1. The third kappa shape index (κ3) is 2.15. The maximum absolute atomic E-state index is 12.6. The summed E-state index contributed by atoms with van der Waals surface area (Å²) in [4.78, 5) is 23.4. The van der Waals surface area contributed by atoms with E-state index in [1.807, 2.05) is 54.6 Å². The van der Waals surface area contributed by atoms with Crippen LogP contribution in [0, 0.1) is 10.1 Å². The van der Waals surface area contributed by atoms with Gasteiger partial charge >= 0.3 is 0 Å². The van der Waals surface area contributed by atoms with E-state index in [4.69, 9.17) is 0 Å². The van der Waals surface area contributed by atoms with Gasteiger partial charge in [0, 0.05) is 10.6 Å². The second-order valence-corrected chi connectivity index (χ2v) is 5.68. The summed E-state index contributed by atoms with van der Waals surface area (Å²) in [6.07, 6.45) is 0. The molecule has 5 nitrogen and oxygen atoms in total. The van der Waals surface area contributed by atoms with Crippen LogP contribution >= 0.6 is 0 Å². The molecule has 22 heavy (non-hydrogen) atoms. The molecule has 0 spiro atoms. The fourth-order valence-electron chi connectivity index (χ4n) is 3.22. The normalized spacial score (nSPS) is 21.0.